The first-order valence-corrected chi connectivity index (χ1v) is 17.8. The highest BCUT2D eigenvalue weighted by molar-refractivity contribution is 8.00. The maximum absolute atomic E-state index is 13.7. The number of ketones is 2. The molecule has 7 N–H and O–H groups in total. The molecule has 276 valence electrons. The van der Waals surface area contributed by atoms with Gasteiger partial charge in [-0.2, -0.15) is 5.21 Å². The number of carboxylic acid groups (broad SMARTS) is 2. The molecule has 19 nitrogen and oxygen atoms in total. The molecule has 0 unspecified atom stereocenters. The van der Waals surface area contributed by atoms with Gasteiger partial charge >= 0.3 is 11.9 Å². The Bertz CT molecular complexity index is 1970. The number of H-pyrrole nitrogens is 1. The molecule has 0 saturated carbocycles. The van der Waals surface area contributed by atoms with E-state index in [4.69, 9.17) is 27.3 Å². The summed E-state index contributed by atoms with van der Waals surface area (Å²) >= 11 is 8.48. The van der Waals surface area contributed by atoms with E-state index in [1.807, 2.05) is 14.1 Å². The number of carbonyl (C=O) groups excluding carboxylic acids is 3. The first-order chi connectivity index (χ1) is 24.6. The van der Waals surface area contributed by atoms with Crippen molar-refractivity contribution in [3.8, 4) is 11.5 Å². The van der Waals surface area contributed by atoms with Gasteiger partial charge in [0, 0.05) is 41.5 Å². The fourth-order valence-corrected chi connectivity index (χ4v) is 7.98. The van der Waals surface area contributed by atoms with Crippen LogP contribution in [0, 0.1) is 5.92 Å². The van der Waals surface area contributed by atoms with Crippen LogP contribution in [0.25, 0.3) is 5.70 Å². The molecular formula is C30H33ClN9O10S2+. The van der Waals surface area contributed by atoms with Crippen molar-refractivity contribution in [2.45, 2.75) is 37.2 Å². The fraction of sp³-hybridized carbons (Fsp3) is 0.400. The summed E-state index contributed by atoms with van der Waals surface area (Å²) in [6.07, 6.45) is -2.58. The van der Waals surface area contributed by atoms with E-state index in [1.165, 1.54) is 34.2 Å². The number of aromatic amines is 1. The van der Waals surface area contributed by atoms with E-state index in [2.05, 4.69) is 30.8 Å². The van der Waals surface area contributed by atoms with Gasteiger partial charge in [-0.1, -0.05) is 16.8 Å². The summed E-state index contributed by atoms with van der Waals surface area (Å²) in [6.45, 7) is 0.975. The van der Waals surface area contributed by atoms with Crippen molar-refractivity contribution in [3.63, 3.8) is 0 Å². The number of benzene rings is 1. The lowest BCUT2D eigenvalue weighted by Gasteiger charge is -2.50. The first kappa shape index (κ1) is 38.1. The third kappa shape index (κ3) is 8.33. The second kappa shape index (κ2) is 15.6. The number of fused-ring (bicyclic) bond motifs is 1. The molecule has 1 amide bonds. The van der Waals surface area contributed by atoms with Gasteiger partial charge in [-0.05, 0) is 17.3 Å². The maximum atomic E-state index is 13.7. The summed E-state index contributed by atoms with van der Waals surface area (Å²) in [5.41, 5.74) is 6.69. The highest BCUT2D eigenvalue weighted by Gasteiger charge is 2.54. The molecule has 5 rings (SSSR count). The van der Waals surface area contributed by atoms with Gasteiger partial charge in [0.1, 0.15) is 12.2 Å². The van der Waals surface area contributed by atoms with Gasteiger partial charge < -0.3 is 35.5 Å². The highest BCUT2D eigenvalue weighted by Crippen LogP contribution is 2.48. The number of aromatic nitrogens is 5. The van der Waals surface area contributed by atoms with Crippen LogP contribution in [0.2, 0.25) is 5.02 Å². The first-order valence-electron chi connectivity index (χ1n) is 15.5. The Kier molecular flexibility index (Phi) is 11.5. The molecule has 1 aromatic carbocycles. The number of phenols is 2. The number of nitrogens with zero attached hydrogens (tertiary/aromatic N) is 7. The summed E-state index contributed by atoms with van der Waals surface area (Å²) in [5.74, 6) is -5.64. The Morgan fingerprint density at radius 3 is 2.62 bits per heavy atom. The molecule has 2 aromatic heterocycles. The summed E-state index contributed by atoms with van der Waals surface area (Å²) in [7, 11) is 3.92. The molecule has 52 heavy (non-hydrogen) atoms. The predicted molar refractivity (Wildman–Crippen MR) is 185 cm³/mol. The molecular weight excluding hydrogens is 746 g/mol. The minimum Gasteiger partial charge on any atom is -0.504 e. The van der Waals surface area contributed by atoms with E-state index in [0.717, 1.165) is 16.9 Å². The van der Waals surface area contributed by atoms with Crippen LogP contribution in [0.5, 0.6) is 11.5 Å². The molecule has 3 atom stereocenters. The number of halogens is 1. The van der Waals surface area contributed by atoms with Gasteiger partial charge in [0.15, 0.2) is 33.9 Å². The monoisotopic (exact) mass is 778 g/mol. The highest BCUT2D eigenvalue weighted by atomic mass is 35.5. The Balaban J connectivity index is 1.30. The van der Waals surface area contributed by atoms with Crippen LogP contribution in [-0.2, 0) is 24.0 Å². The zero-order valence-electron chi connectivity index (χ0n) is 27.6. The molecule has 0 aliphatic carbocycles. The number of aromatic hydroxyl groups is 2. The van der Waals surface area contributed by atoms with E-state index in [0.29, 0.717) is 35.4 Å². The van der Waals surface area contributed by atoms with Gasteiger partial charge in [0.05, 0.1) is 49.1 Å². The number of anilines is 1. The maximum Gasteiger partial charge on any atom is 0.348 e. The number of nitrogens with two attached hydrogens (primary N) is 1. The number of thioether (sulfide) groups is 1. The van der Waals surface area contributed by atoms with E-state index in [-0.39, 0.29) is 45.9 Å². The van der Waals surface area contributed by atoms with Crippen molar-refractivity contribution < 1.29 is 53.7 Å². The van der Waals surface area contributed by atoms with Crippen molar-refractivity contribution in [3.05, 3.63) is 45.2 Å². The molecule has 22 heteroatoms. The van der Waals surface area contributed by atoms with Crippen molar-refractivity contribution >= 4 is 80.7 Å². The van der Waals surface area contributed by atoms with Gasteiger partial charge in [0.2, 0.25) is 17.8 Å². The van der Waals surface area contributed by atoms with Crippen LogP contribution >= 0.6 is 34.7 Å². The number of amides is 1. The number of β-lactam (4-membered cyclic amide) rings is 1. The zero-order valence-corrected chi connectivity index (χ0v) is 29.9. The van der Waals surface area contributed by atoms with Crippen LogP contribution in [0.15, 0.2) is 28.2 Å². The number of oxime groups is 1. The summed E-state index contributed by atoms with van der Waals surface area (Å²) in [4.78, 5) is 73.3. The number of quaternary nitrogens is 1. The number of hydrogen-bond donors (Lipinski definition) is 6. The second-order valence-electron chi connectivity index (χ2n) is 12.5. The molecule has 2 aliphatic rings. The number of carboxylic acids is 2. The number of carbonyl (C=O) groups is 5. The summed E-state index contributed by atoms with van der Waals surface area (Å²) < 4.78 is 0.406. The Labute approximate surface area is 307 Å². The van der Waals surface area contributed by atoms with Crippen molar-refractivity contribution in [1.29, 1.82) is 0 Å². The number of rotatable bonds is 17. The van der Waals surface area contributed by atoms with E-state index < -0.39 is 64.7 Å². The molecule has 4 heterocycles. The minimum absolute atomic E-state index is 0.0208. The smallest absolute Gasteiger partial charge is 0.348 e. The SMILES string of the molecule is C[N+](C)(CCCC(=O)c1ccc(O)c(O)c1Cl)CC1=C(c2nn[nH]n2)N2C(=O)[C@@H](CC(=O)/C(=N\O[C@@H](CC(=O)O)C(=O)O)c3csc(N)n3)[C@H]2SC1. The van der Waals surface area contributed by atoms with Gasteiger partial charge in [-0.3, -0.25) is 24.1 Å². The average Bonchev–Trinajstić information content (AvgIpc) is 3.77. The van der Waals surface area contributed by atoms with Crippen LogP contribution < -0.4 is 5.73 Å². The van der Waals surface area contributed by atoms with Gasteiger partial charge in [-0.15, -0.1) is 33.3 Å². The second-order valence-corrected chi connectivity index (χ2v) is 14.9. The number of phenolic OH excluding ortho intramolecular Hbond substituents is 2. The molecule has 1 saturated heterocycles. The fourth-order valence-electron chi connectivity index (χ4n) is 5.76. The number of tetrazole rings is 1. The third-order valence-electron chi connectivity index (χ3n) is 8.24. The number of nitrogen functional groups attached to an aromatic ring is 1. The van der Waals surface area contributed by atoms with E-state index in [9.17, 15) is 39.3 Å². The van der Waals surface area contributed by atoms with E-state index >= 15 is 0 Å². The van der Waals surface area contributed by atoms with Crippen molar-refractivity contribution in [2.75, 3.05) is 38.7 Å². The minimum atomic E-state index is -1.89. The van der Waals surface area contributed by atoms with Crippen LogP contribution in [0.4, 0.5) is 5.13 Å². The lowest BCUT2D eigenvalue weighted by atomic mass is 9.89. The molecule has 3 aromatic rings. The Morgan fingerprint density at radius 2 is 1.98 bits per heavy atom. The van der Waals surface area contributed by atoms with E-state index in [1.54, 1.807) is 0 Å². The molecule has 1 fully saturated rings. The number of Topliss-reactive ketones (excluding diaryl/α,β-unsaturated/α-hetero) is 2. The molecule has 0 bridgehead atoms. The predicted octanol–water partition coefficient (Wildman–Crippen LogP) is 1.59. The number of likely N-dealkylation sites (N-methyl/N-ethyl adjacent to an activating group) is 1. The lowest BCUT2D eigenvalue weighted by Crippen LogP contribution is -2.61. The largest absolute Gasteiger partial charge is 0.504 e. The number of nitrogens with one attached hydrogen (secondary N) is 1. The Morgan fingerprint density at radius 1 is 1.23 bits per heavy atom. The third-order valence-corrected chi connectivity index (χ3v) is 10.7. The van der Waals surface area contributed by atoms with Gasteiger partial charge in [0.25, 0.3) is 0 Å². The normalized spacial score (nSPS) is 18.1. The van der Waals surface area contributed by atoms with Crippen molar-refractivity contribution in [1.82, 2.24) is 30.5 Å². The van der Waals surface area contributed by atoms with Crippen molar-refractivity contribution in [2.24, 2.45) is 11.1 Å². The lowest BCUT2D eigenvalue weighted by molar-refractivity contribution is -0.885. The summed E-state index contributed by atoms with van der Waals surface area (Å²) in [6, 6.07) is 2.56. The number of thiazole rings is 1. The molecule has 0 radical (unpaired) electrons. The number of hydrogen-bond acceptors (Lipinski definition) is 16. The molecule has 2 aliphatic heterocycles. The Hall–Kier alpha value is -5.12. The van der Waals surface area contributed by atoms with Gasteiger partial charge in [-0.25, -0.2) is 9.78 Å². The average molecular weight is 779 g/mol. The van der Waals surface area contributed by atoms with Crippen LogP contribution in [-0.4, -0.2) is 135 Å². The summed E-state index contributed by atoms with van der Waals surface area (Å²) in [5, 5.41) is 56.7. The van der Waals surface area contributed by atoms with Crippen LogP contribution in [0.1, 0.15) is 47.6 Å². The standard InChI is InChI=1S/C30H32ClN9O10S2/c1-40(2,7-3-4-17(41)14-5-6-18(42)25(46)22(14)31)10-13-11-51-28-15(27(47)39(28)24(13)26-34-37-38-35-26)8-19(43)23(16-12-52-30(32)33-16)36-50-20(29(48)49)9-21(44)45/h5-6,12,15,20,28H,3-4,7-11H2,1-2H3,(H6-,32,33,34,35,36,37,38,41,42,43,44,45,46,48,49)/p+1/t15-,20+,28-/m1/s1. The zero-order chi connectivity index (χ0) is 37.9. The molecule has 0 spiro atoms. The quantitative estimate of drug-likeness (QED) is 0.0283. The van der Waals surface area contributed by atoms with Crippen LogP contribution in [0.3, 0.4) is 0 Å². The topological polar surface area (TPSA) is 284 Å². The number of aliphatic carboxylic acids is 2.